The van der Waals surface area contributed by atoms with Gasteiger partial charge >= 0.3 is 47.8 Å². The maximum Gasteiger partial charge on any atom is 0.339 e. The number of hydrogen-bond donors (Lipinski definition) is 0. The van der Waals surface area contributed by atoms with E-state index < -0.39 is 81.2 Å². The smallest absolute Gasteiger partial charge is 0.339 e. The van der Waals surface area contributed by atoms with E-state index >= 15 is 0 Å². The summed E-state index contributed by atoms with van der Waals surface area (Å²) in [6.45, 7) is 0. The largest absolute Gasteiger partial charge is 0.466 e. The Bertz CT molecular complexity index is 1120. The summed E-state index contributed by atoms with van der Waals surface area (Å²) in [4.78, 5) is 102. The van der Waals surface area contributed by atoms with Gasteiger partial charge in [-0.3, -0.25) is 0 Å². The second-order valence-corrected chi connectivity index (χ2v) is 6.61. The molecule has 0 aliphatic rings. The fourth-order valence-corrected chi connectivity index (χ4v) is 2.80. The van der Waals surface area contributed by atoms with Crippen LogP contribution in [-0.4, -0.2) is 105 Å². The van der Waals surface area contributed by atoms with Crippen molar-refractivity contribution in [1.29, 1.82) is 0 Å². The predicted octanol–water partition coefficient (Wildman–Crippen LogP) is -1.18. The number of ether oxygens (including phenoxy) is 8. The van der Waals surface area contributed by atoms with E-state index in [1.54, 1.807) is 0 Å². The van der Waals surface area contributed by atoms with E-state index in [9.17, 15) is 38.4 Å². The van der Waals surface area contributed by atoms with E-state index in [0.717, 1.165) is 56.9 Å². The molecule has 0 aromatic heterocycles. The van der Waals surface area contributed by atoms with Crippen LogP contribution in [0, 0.1) is 0 Å². The molecule has 0 radical (unpaired) electrons. The molecular formula is C24H26O16. The summed E-state index contributed by atoms with van der Waals surface area (Å²) in [6.07, 6.45) is 0.804. The van der Waals surface area contributed by atoms with Gasteiger partial charge in [0.2, 0.25) is 0 Å². The van der Waals surface area contributed by atoms with Crippen LogP contribution in [0.2, 0.25) is 0 Å². The minimum atomic E-state index is -1.61. The van der Waals surface area contributed by atoms with E-state index in [1.165, 1.54) is 0 Å². The first-order chi connectivity index (χ1) is 18.8. The number of methoxy groups -OCH3 is 8. The SMILES string of the molecule is COC(=O)C=C(C(=O)OC)C(C(=O)OC)=C(C(=O)OC)C(C(=O)OC)=C(C(=O)OC)C(=CC(=O)OC)C(=O)OC. The van der Waals surface area contributed by atoms with Crippen LogP contribution in [0.25, 0.3) is 0 Å². The number of esters is 8. The Morgan fingerprint density at radius 2 is 0.550 bits per heavy atom. The molecule has 0 aromatic rings. The van der Waals surface area contributed by atoms with Gasteiger partial charge in [0.1, 0.15) is 0 Å². The van der Waals surface area contributed by atoms with Crippen molar-refractivity contribution in [3.63, 3.8) is 0 Å². The predicted molar refractivity (Wildman–Crippen MR) is 126 cm³/mol. The van der Waals surface area contributed by atoms with Crippen LogP contribution in [0.5, 0.6) is 0 Å². The summed E-state index contributed by atoms with van der Waals surface area (Å²) in [5.41, 5.74) is -6.94. The van der Waals surface area contributed by atoms with Gasteiger partial charge in [-0.25, -0.2) is 38.4 Å². The van der Waals surface area contributed by atoms with Gasteiger partial charge in [-0.05, 0) is 0 Å². The number of rotatable bonds is 11. The average Bonchev–Trinajstić information content (AvgIpc) is 2.98. The van der Waals surface area contributed by atoms with E-state index in [2.05, 4.69) is 37.9 Å². The van der Waals surface area contributed by atoms with Crippen molar-refractivity contribution in [2.24, 2.45) is 0 Å². The highest BCUT2D eigenvalue weighted by molar-refractivity contribution is 6.23. The van der Waals surface area contributed by atoms with Crippen LogP contribution in [0.4, 0.5) is 0 Å². The first-order valence-electron chi connectivity index (χ1n) is 10.4. The Hall–Kier alpha value is -5.28. The van der Waals surface area contributed by atoms with Gasteiger partial charge in [-0.2, -0.15) is 0 Å². The second kappa shape index (κ2) is 16.5. The topological polar surface area (TPSA) is 210 Å². The Kier molecular flexibility index (Phi) is 14.4. The van der Waals surface area contributed by atoms with Crippen molar-refractivity contribution in [2.75, 3.05) is 56.9 Å². The molecule has 0 fully saturated rings. The summed E-state index contributed by atoms with van der Waals surface area (Å²) in [5.74, 6) is -11.7. The fourth-order valence-electron chi connectivity index (χ4n) is 2.80. The Balaban J connectivity index is 8.96. The average molecular weight is 570 g/mol. The van der Waals surface area contributed by atoms with Crippen molar-refractivity contribution in [2.45, 2.75) is 0 Å². The summed E-state index contributed by atoms with van der Waals surface area (Å²) < 4.78 is 36.7. The number of carbonyl (C=O) groups excluding carboxylic acids is 8. The van der Waals surface area contributed by atoms with Crippen LogP contribution in [0.1, 0.15) is 0 Å². The molecule has 0 N–H and O–H groups in total. The summed E-state index contributed by atoms with van der Waals surface area (Å²) >= 11 is 0. The lowest BCUT2D eigenvalue weighted by Crippen LogP contribution is -2.28. The zero-order valence-corrected chi connectivity index (χ0v) is 22.7. The van der Waals surface area contributed by atoms with Gasteiger partial charge in [0.15, 0.2) is 0 Å². The van der Waals surface area contributed by atoms with E-state index in [1.807, 2.05) is 0 Å². The van der Waals surface area contributed by atoms with Crippen molar-refractivity contribution >= 4 is 47.8 Å². The molecule has 0 saturated heterocycles. The first kappa shape index (κ1) is 34.7. The van der Waals surface area contributed by atoms with Crippen LogP contribution >= 0.6 is 0 Å². The molecule has 40 heavy (non-hydrogen) atoms. The molecule has 0 aliphatic carbocycles. The highest BCUT2D eigenvalue weighted by Crippen LogP contribution is 2.31. The Labute approximate surface area is 227 Å². The highest BCUT2D eigenvalue weighted by atomic mass is 16.6. The molecule has 0 aliphatic heterocycles. The lowest BCUT2D eigenvalue weighted by atomic mass is 9.88. The zero-order chi connectivity index (χ0) is 31.2. The van der Waals surface area contributed by atoms with Gasteiger partial charge in [0.25, 0.3) is 0 Å². The first-order valence-corrected chi connectivity index (χ1v) is 10.4. The number of hydrogen-bond acceptors (Lipinski definition) is 16. The number of carbonyl (C=O) groups is 8. The minimum absolute atomic E-state index is 0.402. The molecule has 0 aromatic carbocycles. The monoisotopic (exact) mass is 570 g/mol. The van der Waals surface area contributed by atoms with Crippen LogP contribution in [-0.2, 0) is 76.3 Å². The fraction of sp³-hybridized carbons (Fsp3) is 0.333. The van der Waals surface area contributed by atoms with E-state index in [-0.39, 0.29) is 0 Å². The molecule has 0 spiro atoms. The quantitative estimate of drug-likeness (QED) is 0.124. The maximum atomic E-state index is 13.2. The minimum Gasteiger partial charge on any atom is -0.466 e. The molecule has 0 unspecified atom stereocenters. The maximum absolute atomic E-state index is 13.2. The molecular weight excluding hydrogens is 544 g/mol. The highest BCUT2D eigenvalue weighted by Gasteiger charge is 2.40. The molecule has 16 nitrogen and oxygen atoms in total. The molecule has 0 rings (SSSR count). The van der Waals surface area contributed by atoms with Gasteiger partial charge in [-0.15, -0.1) is 0 Å². The third-order valence-electron chi connectivity index (χ3n) is 4.58. The molecule has 0 atom stereocenters. The normalized spacial score (nSPS) is 12.4. The van der Waals surface area contributed by atoms with Crippen LogP contribution in [0.3, 0.4) is 0 Å². The van der Waals surface area contributed by atoms with E-state index in [4.69, 9.17) is 0 Å². The van der Waals surface area contributed by atoms with Gasteiger partial charge in [-0.1, -0.05) is 0 Å². The summed E-state index contributed by atoms with van der Waals surface area (Å²) in [7, 11) is 6.64. The van der Waals surface area contributed by atoms with Gasteiger partial charge < -0.3 is 37.9 Å². The van der Waals surface area contributed by atoms with Crippen LogP contribution in [0.15, 0.2) is 45.6 Å². The van der Waals surface area contributed by atoms with Gasteiger partial charge in [0, 0.05) is 12.2 Å². The lowest BCUT2D eigenvalue weighted by molar-refractivity contribution is -0.142. The molecule has 0 bridgehead atoms. The Morgan fingerprint density at radius 3 is 0.750 bits per heavy atom. The van der Waals surface area contributed by atoms with Crippen molar-refractivity contribution in [3.8, 4) is 0 Å². The molecule has 0 heterocycles. The molecule has 0 saturated carbocycles. The summed E-state index contributed by atoms with van der Waals surface area (Å²) in [5, 5.41) is 0. The van der Waals surface area contributed by atoms with Crippen molar-refractivity contribution < 1.29 is 76.3 Å². The zero-order valence-electron chi connectivity index (χ0n) is 22.7. The van der Waals surface area contributed by atoms with Crippen LogP contribution < -0.4 is 0 Å². The molecule has 218 valence electrons. The van der Waals surface area contributed by atoms with Crippen molar-refractivity contribution in [3.05, 3.63) is 45.6 Å². The third kappa shape index (κ3) is 8.37. The summed E-state index contributed by atoms with van der Waals surface area (Å²) in [6, 6.07) is 0. The molecule has 16 heteroatoms. The lowest BCUT2D eigenvalue weighted by Gasteiger charge is -2.19. The van der Waals surface area contributed by atoms with Gasteiger partial charge in [0.05, 0.1) is 90.3 Å². The molecule has 0 amide bonds. The van der Waals surface area contributed by atoms with E-state index in [0.29, 0.717) is 12.2 Å². The second-order valence-electron chi connectivity index (χ2n) is 6.61. The van der Waals surface area contributed by atoms with Crippen molar-refractivity contribution in [1.82, 2.24) is 0 Å². The third-order valence-corrected chi connectivity index (χ3v) is 4.58. The Morgan fingerprint density at radius 1 is 0.325 bits per heavy atom. The standard InChI is InChI=1S/C24H26O16/c1-33-13(25)9-11(19(27)35-3)15(21(29)37-5)17(23(31)39-7)18(24(32)40-8)16(22(30)38-6)12(20(28)36-4)10-14(26)34-2/h9-10H,1-8H3.